The SMILES string of the molecule is CN(Cc1cccc(-c2cnc(N(C)Cc3ccc(N4CCOCC4)cc3)nc2)c1)C(=O)CNC(=O)OC(C)(C)C. The number of aromatic nitrogens is 2. The molecule has 1 fully saturated rings. The minimum absolute atomic E-state index is 0.133. The zero-order chi connectivity index (χ0) is 29.4. The standard InChI is InChI=1S/C31H40N6O4/c1-31(2,3)41-30(39)34-20-28(38)35(4)22-24-7-6-8-25(17-24)26-18-32-29(33-19-26)36(5)21-23-9-11-27(12-10-23)37-13-15-40-16-14-37/h6-12,17-19H,13-16,20-22H2,1-5H3,(H,34,39). The summed E-state index contributed by atoms with van der Waals surface area (Å²) in [4.78, 5) is 39.5. The second-order valence-electron chi connectivity index (χ2n) is 11.2. The van der Waals surface area contributed by atoms with Crippen LogP contribution in [0.4, 0.5) is 16.4 Å². The lowest BCUT2D eigenvalue weighted by Gasteiger charge is -2.29. The summed E-state index contributed by atoms with van der Waals surface area (Å²) in [5.41, 5.74) is 4.59. The van der Waals surface area contributed by atoms with Gasteiger partial charge >= 0.3 is 6.09 Å². The van der Waals surface area contributed by atoms with Crippen molar-refractivity contribution in [1.29, 1.82) is 0 Å². The van der Waals surface area contributed by atoms with Crippen LogP contribution in [0.15, 0.2) is 60.9 Å². The van der Waals surface area contributed by atoms with Gasteiger partial charge in [0.05, 0.1) is 13.2 Å². The van der Waals surface area contributed by atoms with E-state index >= 15 is 0 Å². The second-order valence-corrected chi connectivity index (χ2v) is 11.2. The lowest BCUT2D eigenvalue weighted by Crippen LogP contribution is -2.40. The minimum atomic E-state index is -0.619. The third kappa shape index (κ3) is 8.91. The van der Waals surface area contributed by atoms with E-state index in [1.165, 1.54) is 11.3 Å². The molecule has 1 aliphatic heterocycles. The van der Waals surface area contributed by atoms with Crippen LogP contribution in [0.2, 0.25) is 0 Å². The number of carbonyl (C=O) groups excluding carboxylic acids is 2. The third-order valence-electron chi connectivity index (χ3n) is 6.60. The Bertz CT molecular complexity index is 1300. The number of ether oxygens (including phenoxy) is 2. The molecular weight excluding hydrogens is 520 g/mol. The molecular formula is C31H40N6O4. The number of carbonyl (C=O) groups is 2. The molecule has 0 aliphatic carbocycles. The molecule has 0 atom stereocenters. The summed E-state index contributed by atoms with van der Waals surface area (Å²) in [5, 5.41) is 2.51. The zero-order valence-corrected chi connectivity index (χ0v) is 24.6. The molecule has 2 heterocycles. The van der Waals surface area contributed by atoms with Crippen LogP contribution in [-0.2, 0) is 27.4 Å². The predicted molar refractivity (Wildman–Crippen MR) is 160 cm³/mol. The molecule has 4 rings (SSSR count). The molecule has 1 aliphatic rings. The van der Waals surface area contributed by atoms with E-state index in [0.29, 0.717) is 19.0 Å². The first-order valence-corrected chi connectivity index (χ1v) is 13.8. The third-order valence-corrected chi connectivity index (χ3v) is 6.60. The molecule has 1 N–H and O–H groups in total. The fraction of sp³-hybridized carbons (Fsp3) is 0.419. The number of benzene rings is 2. The van der Waals surface area contributed by atoms with Crippen LogP contribution < -0.4 is 15.1 Å². The quantitative estimate of drug-likeness (QED) is 0.418. The monoisotopic (exact) mass is 560 g/mol. The van der Waals surface area contributed by atoms with Gasteiger partial charge in [-0.2, -0.15) is 0 Å². The van der Waals surface area contributed by atoms with Crippen LogP contribution in [0.3, 0.4) is 0 Å². The molecule has 10 nitrogen and oxygen atoms in total. The van der Waals surface area contributed by atoms with Gasteiger partial charge in [-0.15, -0.1) is 0 Å². The first-order chi connectivity index (χ1) is 19.6. The van der Waals surface area contributed by atoms with Crippen LogP contribution in [0.25, 0.3) is 11.1 Å². The van der Waals surface area contributed by atoms with Gasteiger partial charge in [-0.25, -0.2) is 14.8 Å². The molecule has 0 saturated carbocycles. The summed E-state index contributed by atoms with van der Waals surface area (Å²) >= 11 is 0. The summed E-state index contributed by atoms with van der Waals surface area (Å²) in [5.74, 6) is 0.428. The zero-order valence-electron chi connectivity index (χ0n) is 24.6. The number of hydrogen-bond acceptors (Lipinski definition) is 8. The Kier molecular flexibility index (Phi) is 9.78. The molecule has 41 heavy (non-hydrogen) atoms. The summed E-state index contributed by atoms with van der Waals surface area (Å²) in [6.07, 6.45) is 3.02. The van der Waals surface area contributed by atoms with Gasteiger partial charge in [-0.3, -0.25) is 4.79 Å². The Morgan fingerprint density at radius 3 is 2.29 bits per heavy atom. The topological polar surface area (TPSA) is 100 Å². The van der Waals surface area contributed by atoms with E-state index in [4.69, 9.17) is 9.47 Å². The molecule has 2 aromatic carbocycles. The lowest BCUT2D eigenvalue weighted by atomic mass is 10.1. The smallest absolute Gasteiger partial charge is 0.408 e. The molecule has 2 amide bonds. The van der Waals surface area contributed by atoms with Gasteiger partial charge in [0.15, 0.2) is 0 Å². The van der Waals surface area contributed by atoms with E-state index in [2.05, 4.69) is 44.5 Å². The van der Waals surface area contributed by atoms with Crippen molar-refractivity contribution in [2.75, 3.05) is 56.7 Å². The number of hydrogen-bond donors (Lipinski definition) is 1. The number of rotatable bonds is 9. The fourth-order valence-electron chi connectivity index (χ4n) is 4.45. The average Bonchev–Trinajstić information content (AvgIpc) is 2.96. The van der Waals surface area contributed by atoms with Crippen LogP contribution >= 0.6 is 0 Å². The first kappa shape index (κ1) is 29.8. The van der Waals surface area contributed by atoms with Crippen LogP contribution in [0.5, 0.6) is 0 Å². The molecule has 1 saturated heterocycles. The Labute approximate surface area is 242 Å². The molecule has 3 aromatic rings. The lowest BCUT2D eigenvalue weighted by molar-refractivity contribution is -0.129. The van der Waals surface area contributed by atoms with Gasteiger partial charge in [-0.05, 0) is 55.7 Å². The van der Waals surface area contributed by atoms with Crippen molar-refractivity contribution in [3.63, 3.8) is 0 Å². The van der Waals surface area contributed by atoms with Crippen molar-refractivity contribution in [2.24, 2.45) is 0 Å². The molecule has 1 aromatic heterocycles. The van der Waals surface area contributed by atoms with Crippen molar-refractivity contribution in [3.8, 4) is 11.1 Å². The summed E-state index contributed by atoms with van der Waals surface area (Å²) in [7, 11) is 3.69. The number of morpholine rings is 1. The predicted octanol–water partition coefficient (Wildman–Crippen LogP) is 4.10. The normalized spacial score (nSPS) is 13.4. The first-order valence-electron chi connectivity index (χ1n) is 13.8. The Balaban J connectivity index is 1.31. The van der Waals surface area contributed by atoms with Crippen molar-refractivity contribution < 1.29 is 19.1 Å². The molecule has 0 bridgehead atoms. The number of nitrogens with one attached hydrogen (secondary N) is 1. The summed E-state index contributed by atoms with van der Waals surface area (Å²) < 4.78 is 10.6. The van der Waals surface area contributed by atoms with Gasteiger partial charge in [0.2, 0.25) is 11.9 Å². The molecule has 218 valence electrons. The maximum Gasteiger partial charge on any atom is 0.408 e. The van der Waals surface area contributed by atoms with E-state index in [0.717, 1.165) is 43.0 Å². The van der Waals surface area contributed by atoms with Gasteiger partial charge in [0, 0.05) is 63.9 Å². The van der Waals surface area contributed by atoms with Crippen molar-refractivity contribution in [1.82, 2.24) is 20.2 Å². The van der Waals surface area contributed by atoms with E-state index < -0.39 is 11.7 Å². The largest absolute Gasteiger partial charge is 0.444 e. The van der Waals surface area contributed by atoms with Crippen molar-refractivity contribution in [2.45, 2.75) is 39.5 Å². The number of likely N-dealkylation sites (N-methyl/N-ethyl adjacent to an activating group) is 1. The van der Waals surface area contributed by atoms with Gasteiger partial charge in [0.1, 0.15) is 12.1 Å². The summed E-state index contributed by atoms with van der Waals surface area (Å²) in [6, 6.07) is 16.5. The highest BCUT2D eigenvalue weighted by molar-refractivity contribution is 5.82. The molecule has 10 heteroatoms. The molecule has 0 radical (unpaired) electrons. The minimum Gasteiger partial charge on any atom is -0.444 e. The van der Waals surface area contributed by atoms with E-state index in [-0.39, 0.29) is 12.5 Å². The molecule has 0 unspecified atom stereocenters. The van der Waals surface area contributed by atoms with E-state index in [1.54, 1.807) is 32.7 Å². The average molecular weight is 561 g/mol. The number of anilines is 2. The van der Waals surface area contributed by atoms with Crippen LogP contribution in [0.1, 0.15) is 31.9 Å². The van der Waals surface area contributed by atoms with Gasteiger partial charge in [-0.1, -0.05) is 30.3 Å². The van der Waals surface area contributed by atoms with E-state index in [9.17, 15) is 9.59 Å². The van der Waals surface area contributed by atoms with Gasteiger partial charge < -0.3 is 29.5 Å². The highest BCUT2D eigenvalue weighted by Gasteiger charge is 2.18. The summed E-state index contributed by atoms with van der Waals surface area (Å²) in [6.45, 7) is 9.67. The maximum absolute atomic E-state index is 12.5. The second kappa shape index (κ2) is 13.5. The van der Waals surface area contributed by atoms with Crippen molar-refractivity contribution in [3.05, 3.63) is 72.1 Å². The number of amides is 2. The van der Waals surface area contributed by atoms with Crippen LogP contribution in [-0.4, -0.2) is 79.4 Å². The number of nitrogens with zero attached hydrogens (tertiary/aromatic N) is 5. The fourth-order valence-corrected chi connectivity index (χ4v) is 4.45. The Morgan fingerprint density at radius 2 is 1.63 bits per heavy atom. The Morgan fingerprint density at radius 1 is 0.951 bits per heavy atom. The maximum atomic E-state index is 12.5. The molecule has 0 spiro atoms. The van der Waals surface area contributed by atoms with Crippen LogP contribution in [0, 0.1) is 0 Å². The Hall–Kier alpha value is -4.18. The highest BCUT2D eigenvalue weighted by atomic mass is 16.6. The van der Waals surface area contributed by atoms with Crippen molar-refractivity contribution >= 4 is 23.6 Å². The number of alkyl carbamates (subject to hydrolysis) is 1. The van der Waals surface area contributed by atoms with Gasteiger partial charge in [0.25, 0.3) is 0 Å². The van der Waals surface area contributed by atoms with E-state index in [1.807, 2.05) is 48.6 Å². The highest BCUT2D eigenvalue weighted by Crippen LogP contribution is 2.22.